The summed E-state index contributed by atoms with van der Waals surface area (Å²) in [6.45, 7) is 2.01. The Morgan fingerprint density at radius 3 is 2.40 bits per heavy atom. The van der Waals surface area contributed by atoms with E-state index in [1.807, 2.05) is 0 Å². The summed E-state index contributed by atoms with van der Waals surface area (Å²) in [6.07, 6.45) is 2.68. The Morgan fingerprint density at radius 1 is 1.30 bits per heavy atom. The fourth-order valence-electron chi connectivity index (χ4n) is 2.00. The molecule has 2 fully saturated rings. The molecule has 0 aromatic carbocycles. The van der Waals surface area contributed by atoms with Crippen LogP contribution >= 0.6 is 0 Å². The van der Waals surface area contributed by atoms with Crippen molar-refractivity contribution in [3.63, 3.8) is 0 Å². The van der Waals surface area contributed by atoms with E-state index in [1.165, 1.54) is 12.8 Å². The van der Waals surface area contributed by atoms with Gasteiger partial charge in [-0.1, -0.05) is 0 Å². The molecule has 1 heterocycles. The molecule has 58 valence electrons. The van der Waals surface area contributed by atoms with Crippen molar-refractivity contribution in [2.45, 2.75) is 18.9 Å². The van der Waals surface area contributed by atoms with E-state index >= 15 is 0 Å². The second kappa shape index (κ2) is 2.21. The summed E-state index contributed by atoms with van der Waals surface area (Å²) in [6, 6.07) is 0. The molecular formula is C8H15NO. The molecule has 0 bridgehead atoms. The number of nitrogens with zero attached hydrogens (tertiary/aromatic N) is 1. The zero-order valence-corrected chi connectivity index (χ0v) is 6.45. The van der Waals surface area contributed by atoms with Gasteiger partial charge in [-0.05, 0) is 25.8 Å². The van der Waals surface area contributed by atoms with Gasteiger partial charge in [0.15, 0.2) is 0 Å². The zero-order valence-electron chi connectivity index (χ0n) is 6.45. The summed E-state index contributed by atoms with van der Waals surface area (Å²) in [5, 5.41) is 9.53. The van der Waals surface area contributed by atoms with Gasteiger partial charge < -0.3 is 10.0 Å². The maximum atomic E-state index is 9.53. The molecule has 1 aliphatic heterocycles. The molecule has 2 atom stereocenters. The SMILES string of the molecule is CN1C[C@H](C2CC2)[C@@H](O)C1. The van der Waals surface area contributed by atoms with Crippen LogP contribution in [0.5, 0.6) is 0 Å². The third-order valence-corrected chi connectivity index (χ3v) is 2.74. The third-order valence-electron chi connectivity index (χ3n) is 2.74. The molecule has 0 spiro atoms. The van der Waals surface area contributed by atoms with Crippen LogP contribution in [-0.2, 0) is 0 Å². The molecule has 1 N–H and O–H groups in total. The van der Waals surface area contributed by atoms with Crippen molar-refractivity contribution >= 4 is 0 Å². The lowest BCUT2D eigenvalue weighted by molar-refractivity contribution is 0.133. The summed E-state index contributed by atoms with van der Waals surface area (Å²) in [5.74, 6) is 1.46. The molecule has 10 heavy (non-hydrogen) atoms. The first-order valence-electron chi connectivity index (χ1n) is 4.14. The maximum Gasteiger partial charge on any atom is 0.0709 e. The van der Waals surface area contributed by atoms with E-state index in [1.54, 1.807) is 0 Å². The van der Waals surface area contributed by atoms with Gasteiger partial charge >= 0.3 is 0 Å². The Bertz CT molecular complexity index is 133. The van der Waals surface area contributed by atoms with E-state index in [9.17, 15) is 5.11 Å². The van der Waals surface area contributed by atoms with Gasteiger partial charge in [0.2, 0.25) is 0 Å². The Labute approximate surface area is 61.8 Å². The number of rotatable bonds is 1. The van der Waals surface area contributed by atoms with E-state index < -0.39 is 0 Å². The molecule has 0 aromatic rings. The summed E-state index contributed by atoms with van der Waals surface area (Å²) >= 11 is 0. The van der Waals surface area contributed by atoms with Gasteiger partial charge in [0, 0.05) is 19.0 Å². The van der Waals surface area contributed by atoms with Crippen LogP contribution in [0.4, 0.5) is 0 Å². The lowest BCUT2D eigenvalue weighted by Crippen LogP contribution is -2.19. The van der Waals surface area contributed by atoms with Crippen molar-refractivity contribution in [3.05, 3.63) is 0 Å². The first-order valence-corrected chi connectivity index (χ1v) is 4.14. The monoisotopic (exact) mass is 141 g/mol. The minimum atomic E-state index is -0.0301. The number of hydrogen-bond acceptors (Lipinski definition) is 2. The number of β-amino-alcohol motifs (C(OH)–C–C–N with tert-alkyl or cyclic N) is 1. The van der Waals surface area contributed by atoms with Crippen LogP contribution < -0.4 is 0 Å². The fraction of sp³-hybridized carbons (Fsp3) is 1.00. The van der Waals surface area contributed by atoms with Gasteiger partial charge in [-0.15, -0.1) is 0 Å². The van der Waals surface area contributed by atoms with Crippen molar-refractivity contribution in [3.8, 4) is 0 Å². The molecule has 0 amide bonds. The lowest BCUT2D eigenvalue weighted by atomic mass is 10.0. The average molecular weight is 141 g/mol. The molecule has 0 unspecified atom stereocenters. The van der Waals surface area contributed by atoms with Crippen LogP contribution in [0.3, 0.4) is 0 Å². The van der Waals surface area contributed by atoms with Crippen LogP contribution in [-0.4, -0.2) is 36.2 Å². The van der Waals surface area contributed by atoms with Crippen LogP contribution in [0.2, 0.25) is 0 Å². The van der Waals surface area contributed by atoms with Gasteiger partial charge in [0.1, 0.15) is 0 Å². The molecule has 1 saturated heterocycles. The second-order valence-electron chi connectivity index (χ2n) is 3.79. The molecular weight excluding hydrogens is 126 g/mol. The molecule has 0 aromatic heterocycles. The van der Waals surface area contributed by atoms with Crippen molar-refractivity contribution in [2.75, 3.05) is 20.1 Å². The van der Waals surface area contributed by atoms with Gasteiger partial charge in [-0.2, -0.15) is 0 Å². The third kappa shape index (κ3) is 1.06. The minimum Gasteiger partial charge on any atom is -0.391 e. The van der Waals surface area contributed by atoms with E-state index in [0.717, 1.165) is 19.0 Å². The standard InChI is InChI=1S/C8H15NO/c1-9-4-7(6-2-3-6)8(10)5-9/h6-8,10H,2-5H2,1H3/t7-,8+/m1/s1. The Kier molecular flexibility index (Phi) is 1.46. The predicted octanol–water partition coefficient (Wildman–Crippen LogP) is 0.319. The highest BCUT2D eigenvalue weighted by Gasteiger charge is 2.40. The van der Waals surface area contributed by atoms with Crippen LogP contribution in [0.25, 0.3) is 0 Å². The topological polar surface area (TPSA) is 23.5 Å². The largest absolute Gasteiger partial charge is 0.391 e. The van der Waals surface area contributed by atoms with E-state index in [0.29, 0.717) is 5.92 Å². The molecule has 2 nitrogen and oxygen atoms in total. The first-order chi connectivity index (χ1) is 4.77. The average Bonchev–Trinajstić information content (AvgIpc) is 2.61. The highest BCUT2D eigenvalue weighted by molar-refractivity contribution is 4.92. The van der Waals surface area contributed by atoms with Crippen molar-refractivity contribution < 1.29 is 5.11 Å². The number of aliphatic hydroxyl groups is 1. The van der Waals surface area contributed by atoms with Crippen molar-refractivity contribution in [1.29, 1.82) is 0 Å². The van der Waals surface area contributed by atoms with E-state index in [2.05, 4.69) is 11.9 Å². The normalized spacial score (nSPS) is 42.6. The van der Waals surface area contributed by atoms with Crippen LogP contribution in [0.1, 0.15) is 12.8 Å². The molecule has 2 heteroatoms. The molecule has 1 aliphatic carbocycles. The van der Waals surface area contributed by atoms with Crippen LogP contribution in [0.15, 0.2) is 0 Å². The van der Waals surface area contributed by atoms with Crippen LogP contribution in [0, 0.1) is 11.8 Å². The van der Waals surface area contributed by atoms with Gasteiger partial charge in [0.05, 0.1) is 6.10 Å². The molecule has 1 saturated carbocycles. The van der Waals surface area contributed by atoms with E-state index in [-0.39, 0.29) is 6.10 Å². The van der Waals surface area contributed by atoms with Crippen molar-refractivity contribution in [1.82, 2.24) is 4.90 Å². The Morgan fingerprint density at radius 2 is 2.00 bits per heavy atom. The van der Waals surface area contributed by atoms with Gasteiger partial charge in [-0.3, -0.25) is 0 Å². The summed E-state index contributed by atoms with van der Waals surface area (Å²) in [4.78, 5) is 2.23. The molecule has 2 aliphatic rings. The quantitative estimate of drug-likeness (QED) is 0.568. The lowest BCUT2D eigenvalue weighted by Gasteiger charge is -2.10. The molecule has 0 radical (unpaired) electrons. The number of hydrogen-bond donors (Lipinski definition) is 1. The van der Waals surface area contributed by atoms with Gasteiger partial charge in [0.25, 0.3) is 0 Å². The summed E-state index contributed by atoms with van der Waals surface area (Å²) in [7, 11) is 2.09. The number of likely N-dealkylation sites (N-methyl/N-ethyl adjacent to an activating group) is 1. The summed E-state index contributed by atoms with van der Waals surface area (Å²) in [5.41, 5.74) is 0. The number of aliphatic hydroxyl groups excluding tert-OH is 1. The maximum absolute atomic E-state index is 9.53. The zero-order chi connectivity index (χ0) is 7.14. The first kappa shape index (κ1) is 6.62. The fourth-order valence-corrected chi connectivity index (χ4v) is 2.00. The highest BCUT2D eigenvalue weighted by atomic mass is 16.3. The predicted molar refractivity (Wildman–Crippen MR) is 39.7 cm³/mol. The highest BCUT2D eigenvalue weighted by Crippen LogP contribution is 2.40. The van der Waals surface area contributed by atoms with E-state index in [4.69, 9.17) is 0 Å². The Hall–Kier alpha value is -0.0800. The minimum absolute atomic E-state index is 0.0301. The second-order valence-corrected chi connectivity index (χ2v) is 3.79. The van der Waals surface area contributed by atoms with Gasteiger partial charge in [-0.25, -0.2) is 0 Å². The molecule has 2 rings (SSSR count). The number of likely N-dealkylation sites (tertiary alicyclic amines) is 1. The summed E-state index contributed by atoms with van der Waals surface area (Å²) < 4.78 is 0. The van der Waals surface area contributed by atoms with Crippen molar-refractivity contribution in [2.24, 2.45) is 11.8 Å². The Balaban J connectivity index is 1.95. The smallest absolute Gasteiger partial charge is 0.0709 e.